The van der Waals surface area contributed by atoms with Gasteiger partial charge in [0.1, 0.15) is 7.28 Å². The molecule has 0 heterocycles. The van der Waals surface area contributed by atoms with Crippen LogP contribution < -0.4 is 5.32 Å². The van der Waals surface area contributed by atoms with Gasteiger partial charge in [-0.15, -0.1) is 0 Å². The Kier molecular flexibility index (Phi) is 5.27. The van der Waals surface area contributed by atoms with Gasteiger partial charge in [-0.05, 0) is 49.6 Å². The minimum absolute atomic E-state index is 0.460. The van der Waals surface area contributed by atoms with Crippen molar-refractivity contribution in [2.24, 2.45) is 0 Å². The molecule has 0 saturated carbocycles. The van der Waals surface area contributed by atoms with Gasteiger partial charge in [-0.1, -0.05) is 43.8 Å². The van der Waals surface area contributed by atoms with E-state index in [1.165, 1.54) is 16.7 Å². The molecule has 0 amide bonds. The van der Waals surface area contributed by atoms with Crippen LogP contribution in [0.25, 0.3) is 5.57 Å². The third-order valence-electron chi connectivity index (χ3n) is 3.32. The van der Waals surface area contributed by atoms with Crippen LogP contribution in [-0.2, 0) is 6.42 Å². The fraction of sp³-hybridized carbons (Fsp3) is 0.375. The monoisotopic (exact) mass is 241 g/mol. The maximum Gasteiger partial charge on any atom is 0.146 e. The molecule has 1 aromatic rings. The maximum absolute atomic E-state index is 4.05. The van der Waals surface area contributed by atoms with E-state index in [0.29, 0.717) is 5.94 Å². The molecule has 0 aliphatic carbocycles. The summed E-state index contributed by atoms with van der Waals surface area (Å²) < 4.78 is 0. The van der Waals surface area contributed by atoms with Crippen LogP contribution in [0.3, 0.4) is 0 Å². The average molecular weight is 241 g/mol. The minimum Gasteiger partial charge on any atom is -0.394 e. The van der Waals surface area contributed by atoms with E-state index in [0.717, 1.165) is 25.0 Å². The van der Waals surface area contributed by atoms with E-state index < -0.39 is 0 Å². The third-order valence-corrected chi connectivity index (χ3v) is 3.32. The van der Waals surface area contributed by atoms with Gasteiger partial charge >= 0.3 is 0 Å². The summed E-state index contributed by atoms with van der Waals surface area (Å²) in [5, 5.41) is 3.44. The molecule has 1 rings (SSSR count). The molecule has 0 bridgehead atoms. The molecule has 0 radical (unpaired) electrons. The first kappa shape index (κ1) is 14.6. The number of hydrogen-bond acceptors (Lipinski definition) is 1. The van der Waals surface area contributed by atoms with Crippen molar-refractivity contribution in [3.63, 3.8) is 0 Å². The van der Waals surface area contributed by atoms with Crippen molar-refractivity contribution in [3.05, 3.63) is 53.7 Å². The van der Waals surface area contributed by atoms with Crippen LogP contribution in [0, 0.1) is 6.92 Å². The smallest absolute Gasteiger partial charge is 0.146 e. The summed E-state index contributed by atoms with van der Waals surface area (Å²) in [5.41, 5.74) is 6.20. The summed E-state index contributed by atoms with van der Waals surface area (Å²) in [6.07, 6.45) is 1.04. The van der Waals surface area contributed by atoms with Crippen LogP contribution >= 0.6 is 0 Å². The predicted molar refractivity (Wildman–Crippen MR) is 84.3 cm³/mol. The molecule has 1 atom stereocenters. The predicted octanol–water partition coefficient (Wildman–Crippen LogP) is 3.50. The largest absolute Gasteiger partial charge is 0.394 e. The fourth-order valence-electron chi connectivity index (χ4n) is 2.28. The molecule has 0 aliphatic rings. The third kappa shape index (κ3) is 3.80. The zero-order valence-electron chi connectivity index (χ0n) is 12.1. The van der Waals surface area contributed by atoms with Gasteiger partial charge in [-0.25, -0.2) is 0 Å². The van der Waals surface area contributed by atoms with E-state index in [1.807, 2.05) is 6.92 Å². The molecule has 0 aliphatic heterocycles. The van der Waals surface area contributed by atoms with E-state index in [1.54, 1.807) is 0 Å². The molecule has 2 heteroatoms. The molecule has 1 aromatic carbocycles. The van der Waals surface area contributed by atoms with Gasteiger partial charge in [-0.2, -0.15) is 0 Å². The molecule has 1 N–H and O–H groups in total. The quantitative estimate of drug-likeness (QED) is 0.751. The van der Waals surface area contributed by atoms with Gasteiger partial charge in [0.2, 0.25) is 0 Å². The Hall–Kier alpha value is -1.44. The normalized spacial score (nSPS) is 11.8. The number of allylic oxidation sites excluding steroid dienone is 2. The highest BCUT2D eigenvalue weighted by molar-refractivity contribution is 6.35. The molecular formula is C16H24BN. The summed E-state index contributed by atoms with van der Waals surface area (Å²) in [5.74, 6) is 0.460. The Morgan fingerprint density at radius 3 is 2.50 bits per heavy atom. The molecule has 0 saturated heterocycles. The van der Waals surface area contributed by atoms with Crippen LogP contribution in [-0.4, -0.2) is 13.2 Å². The van der Waals surface area contributed by atoms with Crippen LogP contribution in [0.1, 0.15) is 30.5 Å². The van der Waals surface area contributed by atoms with Crippen molar-refractivity contribution in [2.45, 2.75) is 40.0 Å². The summed E-state index contributed by atoms with van der Waals surface area (Å²) >= 11 is 0. The standard InChI is InChI=1S/C16H24BN/c1-11(2)15-9-7-8-14(13(15)5)10-16(17-6)18-12(3)4/h7-9,16-18H,1,3,10H2,2,4-6H3. The molecule has 1 unspecified atom stereocenters. The summed E-state index contributed by atoms with van der Waals surface area (Å²) in [7, 11) is 1.10. The molecule has 0 aromatic heterocycles. The van der Waals surface area contributed by atoms with Gasteiger partial charge in [0.15, 0.2) is 0 Å². The number of nitrogens with one attached hydrogen (secondary N) is 1. The van der Waals surface area contributed by atoms with Crippen LogP contribution in [0.5, 0.6) is 0 Å². The Morgan fingerprint density at radius 2 is 2.00 bits per heavy atom. The molecule has 96 valence electrons. The lowest BCUT2D eigenvalue weighted by atomic mass is 9.69. The van der Waals surface area contributed by atoms with Crippen LogP contribution in [0.15, 0.2) is 37.1 Å². The van der Waals surface area contributed by atoms with E-state index in [2.05, 4.69) is 57.3 Å². The van der Waals surface area contributed by atoms with Crippen molar-refractivity contribution < 1.29 is 0 Å². The lowest BCUT2D eigenvalue weighted by molar-refractivity contribution is 0.717. The second-order valence-corrected chi connectivity index (χ2v) is 5.10. The van der Waals surface area contributed by atoms with Crippen LogP contribution in [0.4, 0.5) is 0 Å². The van der Waals surface area contributed by atoms with Crippen LogP contribution in [0.2, 0.25) is 6.82 Å². The second kappa shape index (κ2) is 6.48. The molecule has 0 fully saturated rings. The van der Waals surface area contributed by atoms with Crippen molar-refractivity contribution in [1.82, 2.24) is 5.32 Å². The minimum atomic E-state index is 0.460. The topological polar surface area (TPSA) is 12.0 Å². The first-order valence-corrected chi connectivity index (χ1v) is 6.62. The second-order valence-electron chi connectivity index (χ2n) is 5.10. The first-order valence-electron chi connectivity index (χ1n) is 6.62. The highest BCUT2D eigenvalue weighted by atomic mass is 14.9. The van der Waals surface area contributed by atoms with E-state index in [-0.39, 0.29) is 0 Å². The molecule has 18 heavy (non-hydrogen) atoms. The van der Waals surface area contributed by atoms with Crippen molar-refractivity contribution in [2.75, 3.05) is 0 Å². The lowest BCUT2D eigenvalue weighted by Crippen LogP contribution is -2.34. The number of hydrogen-bond donors (Lipinski definition) is 1. The summed E-state index contributed by atoms with van der Waals surface area (Å²) in [6.45, 7) is 16.4. The Morgan fingerprint density at radius 1 is 1.33 bits per heavy atom. The Bertz CT molecular complexity index is 448. The SMILES string of the molecule is C=C(C)NC(BC)Cc1cccc(C(=C)C)c1C. The number of benzene rings is 1. The summed E-state index contributed by atoms with van der Waals surface area (Å²) in [6, 6.07) is 6.48. The van der Waals surface area contributed by atoms with Gasteiger partial charge < -0.3 is 5.32 Å². The van der Waals surface area contributed by atoms with Crippen molar-refractivity contribution in [3.8, 4) is 0 Å². The van der Waals surface area contributed by atoms with E-state index in [4.69, 9.17) is 0 Å². The van der Waals surface area contributed by atoms with Gasteiger partial charge in [-0.3, -0.25) is 0 Å². The fourth-order valence-corrected chi connectivity index (χ4v) is 2.28. The zero-order chi connectivity index (χ0) is 13.7. The van der Waals surface area contributed by atoms with Gasteiger partial charge in [0.25, 0.3) is 0 Å². The zero-order valence-corrected chi connectivity index (χ0v) is 12.1. The Labute approximate surface area is 112 Å². The maximum atomic E-state index is 4.05. The van der Waals surface area contributed by atoms with E-state index >= 15 is 0 Å². The average Bonchev–Trinajstić information content (AvgIpc) is 2.29. The van der Waals surface area contributed by atoms with E-state index in [9.17, 15) is 0 Å². The summed E-state index contributed by atoms with van der Waals surface area (Å²) in [4.78, 5) is 0. The first-order chi connectivity index (χ1) is 8.45. The van der Waals surface area contributed by atoms with Crippen molar-refractivity contribution >= 4 is 12.9 Å². The number of rotatable bonds is 6. The van der Waals surface area contributed by atoms with Crippen molar-refractivity contribution in [1.29, 1.82) is 0 Å². The molecular weight excluding hydrogens is 217 g/mol. The van der Waals surface area contributed by atoms with Gasteiger partial charge in [0, 0.05) is 5.94 Å². The molecule has 0 spiro atoms. The van der Waals surface area contributed by atoms with Gasteiger partial charge in [0.05, 0.1) is 0 Å². The highest BCUT2D eigenvalue weighted by Crippen LogP contribution is 2.21. The highest BCUT2D eigenvalue weighted by Gasteiger charge is 2.11. The lowest BCUT2D eigenvalue weighted by Gasteiger charge is -2.20. The molecule has 1 nitrogen and oxygen atoms in total. The Balaban J connectivity index is 2.93.